The number of carbonyl (C=O) groups excluding carboxylic acids is 1. The van der Waals surface area contributed by atoms with Crippen LogP contribution in [-0.2, 0) is 11.2 Å². The van der Waals surface area contributed by atoms with Crippen molar-refractivity contribution in [2.75, 3.05) is 6.54 Å². The first-order valence-electron chi connectivity index (χ1n) is 12.8. The average Bonchev–Trinajstić information content (AvgIpc) is 2.80. The van der Waals surface area contributed by atoms with Gasteiger partial charge in [-0.05, 0) is 36.7 Å². The monoisotopic (exact) mass is 440 g/mol. The topological polar surface area (TPSA) is 55.1 Å². The van der Waals surface area contributed by atoms with Gasteiger partial charge in [0, 0.05) is 12.0 Å². The molecule has 180 valence electrons. The second-order valence-electron chi connectivity index (χ2n) is 8.36. The summed E-state index contributed by atoms with van der Waals surface area (Å²) in [6.45, 7) is 7.99. The largest absolute Gasteiger partial charge is 0.405 e. The summed E-state index contributed by atoms with van der Waals surface area (Å²) in [6.07, 6.45) is 20.2. The Kier molecular flexibility index (Phi) is 21.8. The third kappa shape index (κ3) is 19.7. The van der Waals surface area contributed by atoms with Crippen LogP contribution in [0.1, 0.15) is 115 Å². The highest BCUT2D eigenvalue weighted by molar-refractivity contribution is 5.76. The lowest BCUT2D eigenvalue weighted by atomic mass is 10.0. The molecular weight excluding hydrogens is 392 g/mol. The number of nitrogens with two attached hydrogens (primary N) is 1. The summed E-state index contributed by atoms with van der Waals surface area (Å²) in [5, 5.41) is 2.91. The molecule has 0 saturated heterocycles. The number of hydrogen-bond acceptors (Lipinski definition) is 2. The fourth-order valence-corrected chi connectivity index (χ4v) is 3.55. The summed E-state index contributed by atoms with van der Waals surface area (Å²) in [5.41, 5.74) is 6.93. The summed E-state index contributed by atoms with van der Waals surface area (Å²) in [7, 11) is 0. The van der Waals surface area contributed by atoms with Gasteiger partial charge >= 0.3 is 0 Å². The highest BCUT2D eigenvalue weighted by atomic mass is 16.1. The van der Waals surface area contributed by atoms with Crippen LogP contribution in [0.25, 0.3) is 0 Å². The summed E-state index contributed by atoms with van der Waals surface area (Å²) in [4.78, 5) is 11.9. The lowest BCUT2D eigenvalue weighted by Gasteiger charge is -2.03. The highest BCUT2D eigenvalue weighted by Crippen LogP contribution is 2.12. The Bertz CT molecular complexity index is 642. The minimum absolute atomic E-state index is 0.129. The van der Waals surface area contributed by atoms with E-state index in [1.807, 2.05) is 12.1 Å². The molecule has 0 heterocycles. The molecule has 0 spiro atoms. The second-order valence-corrected chi connectivity index (χ2v) is 8.36. The third-order valence-electron chi connectivity index (χ3n) is 5.45. The number of nitrogens with one attached hydrogen (secondary N) is 1. The molecule has 3 N–H and O–H groups in total. The van der Waals surface area contributed by atoms with Gasteiger partial charge in [0.15, 0.2) is 0 Å². The molecule has 0 saturated carbocycles. The van der Waals surface area contributed by atoms with E-state index in [9.17, 15) is 4.79 Å². The van der Waals surface area contributed by atoms with E-state index in [2.05, 4.69) is 55.5 Å². The Balaban J connectivity index is 0.00000302. The van der Waals surface area contributed by atoms with E-state index >= 15 is 0 Å². The summed E-state index contributed by atoms with van der Waals surface area (Å²) >= 11 is 0. The van der Waals surface area contributed by atoms with Crippen molar-refractivity contribution in [1.29, 1.82) is 0 Å². The first-order chi connectivity index (χ1) is 15.7. The van der Waals surface area contributed by atoms with Gasteiger partial charge in [-0.1, -0.05) is 121 Å². The summed E-state index contributed by atoms with van der Waals surface area (Å²) in [5.74, 6) is 6.31. The van der Waals surface area contributed by atoms with E-state index in [4.69, 9.17) is 0 Å². The molecule has 0 aliphatic carbocycles. The predicted molar refractivity (Wildman–Crippen MR) is 140 cm³/mol. The van der Waals surface area contributed by atoms with Gasteiger partial charge in [-0.25, -0.2) is 0 Å². The fourth-order valence-electron chi connectivity index (χ4n) is 3.55. The highest BCUT2D eigenvalue weighted by Gasteiger charge is 1.99. The molecule has 1 aromatic carbocycles. The maximum absolute atomic E-state index is 11.9. The molecule has 0 fully saturated rings. The van der Waals surface area contributed by atoms with Gasteiger partial charge in [-0.3, -0.25) is 4.79 Å². The quantitative estimate of drug-likeness (QED) is 0.209. The van der Waals surface area contributed by atoms with Crippen LogP contribution in [0.4, 0.5) is 0 Å². The Labute approximate surface area is 198 Å². The van der Waals surface area contributed by atoms with Crippen molar-refractivity contribution < 1.29 is 4.79 Å². The van der Waals surface area contributed by atoms with Gasteiger partial charge in [0.1, 0.15) is 0 Å². The zero-order valence-electron chi connectivity index (χ0n) is 20.9. The minimum Gasteiger partial charge on any atom is -0.405 e. The van der Waals surface area contributed by atoms with Crippen LogP contribution < -0.4 is 11.1 Å². The van der Waals surface area contributed by atoms with Gasteiger partial charge in [-0.2, -0.15) is 0 Å². The second kappa shape index (κ2) is 23.5. The molecule has 3 heteroatoms. The number of rotatable bonds is 16. The normalized spacial score (nSPS) is 9.81. The van der Waals surface area contributed by atoms with E-state index in [1.165, 1.54) is 88.8 Å². The Morgan fingerprint density at radius 3 is 2.00 bits per heavy atom. The van der Waals surface area contributed by atoms with E-state index in [0.29, 0.717) is 13.0 Å². The fraction of sp³-hybridized carbons (Fsp3) is 0.621. The van der Waals surface area contributed by atoms with Crippen LogP contribution in [0.15, 0.2) is 37.0 Å². The number of carbonyl (C=O) groups is 1. The van der Waals surface area contributed by atoms with Gasteiger partial charge in [0.2, 0.25) is 5.91 Å². The zero-order valence-corrected chi connectivity index (χ0v) is 20.9. The van der Waals surface area contributed by atoms with Crippen molar-refractivity contribution in [3.8, 4) is 11.8 Å². The average molecular weight is 441 g/mol. The van der Waals surface area contributed by atoms with Crippen molar-refractivity contribution >= 4 is 5.91 Å². The molecule has 0 unspecified atom stereocenters. The van der Waals surface area contributed by atoms with Gasteiger partial charge < -0.3 is 11.1 Å². The van der Waals surface area contributed by atoms with Crippen molar-refractivity contribution in [1.82, 2.24) is 5.32 Å². The minimum atomic E-state index is 0.129. The van der Waals surface area contributed by atoms with Crippen molar-refractivity contribution in [3.05, 3.63) is 48.2 Å². The maximum atomic E-state index is 11.9. The van der Waals surface area contributed by atoms with Crippen LogP contribution in [0.5, 0.6) is 0 Å². The van der Waals surface area contributed by atoms with Crippen LogP contribution in [0.3, 0.4) is 0 Å². The molecule has 1 aromatic rings. The Hall–Kier alpha value is -2.21. The van der Waals surface area contributed by atoms with Gasteiger partial charge in [0.05, 0.1) is 6.54 Å². The van der Waals surface area contributed by atoms with E-state index < -0.39 is 0 Å². The number of aryl methyl sites for hydroxylation is 1. The molecule has 1 amide bonds. The third-order valence-corrected chi connectivity index (χ3v) is 5.45. The standard InChI is InChI=1S/C27H43NO.C2H5N/c1-3-5-6-7-8-9-10-11-12-13-14-15-16-22-27(29)28-23-18-21-26-20-17-19-25(4-2)24-26;1-2-3/h17,19-20,24H,3-16,22-23H2,1-2H3,(H,28,29);2H,1,3H2. The number of benzene rings is 1. The molecule has 0 aliphatic rings. The smallest absolute Gasteiger partial charge is 0.220 e. The van der Waals surface area contributed by atoms with E-state index in [1.54, 1.807) is 0 Å². The molecule has 3 nitrogen and oxygen atoms in total. The van der Waals surface area contributed by atoms with Crippen molar-refractivity contribution in [3.63, 3.8) is 0 Å². The van der Waals surface area contributed by atoms with Crippen LogP contribution in [0, 0.1) is 11.8 Å². The summed E-state index contributed by atoms with van der Waals surface area (Å²) < 4.78 is 0. The van der Waals surface area contributed by atoms with Crippen molar-refractivity contribution in [2.24, 2.45) is 5.73 Å². The number of unbranched alkanes of at least 4 members (excludes halogenated alkanes) is 12. The van der Waals surface area contributed by atoms with Crippen LogP contribution >= 0.6 is 0 Å². The Morgan fingerprint density at radius 1 is 0.938 bits per heavy atom. The van der Waals surface area contributed by atoms with E-state index in [-0.39, 0.29) is 5.91 Å². The molecule has 0 aromatic heterocycles. The first kappa shape index (κ1) is 29.8. The molecule has 0 radical (unpaired) electrons. The molecule has 0 atom stereocenters. The molecule has 32 heavy (non-hydrogen) atoms. The number of amides is 1. The lowest BCUT2D eigenvalue weighted by molar-refractivity contribution is -0.120. The lowest BCUT2D eigenvalue weighted by Crippen LogP contribution is -2.23. The van der Waals surface area contributed by atoms with Crippen LogP contribution in [0.2, 0.25) is 0 Å². The molecule has 0 aliphatic heterocycles. The van der Waals surface area contributed by atoms with Crippen molar-refractivity contribution in [2.45, 2.75) is 110 Å². The zero-order chi connectivity index (χ0) is 23.7. The summed E-state index contributed by atoms with van der Waals surface area (Å²) in [6, 6.07) is 8.28. The molecule has 0 bridgehead atoms. The van der Waals surface area contributed by atoms with E-state index in [0.717, 1.165) is 18.4 Å². The Morgan fingerprint density at radius 2 is 1.47 bits per heavy atom. The van der Waals surface area contributed by atoms with Gasteiger partial charge in [0.25, 0.3) is 0 Å². The number of hydrogen-bond donors (Lipinski definition) is 2. The maximum Gasteiger partial charge on any atom is 0.220 e. The van der Waals surface area contributed by atoms with Crippen LogP contribution in [-0.4, -0.2) is 12.5 Å². The predicted octanol–water partition coefficient (Wildman–Crippen LogP) is 7.29. The molecule has 1 rings (SSSR count). The SMILES string of the molecule is C=CN.CCCCCCCCCCCCCCCC(=O)NCC#Cc1cccc(CC)c1. The first-order valence-corrected chi connectivity index (χ1v) is 12.8. The van der Waals surface area contributed by atoms with Gasteiger partial charge in [-0.15, -0.1) is 0 Å². The molecular formula is C29H48N2O.